The highest BCUT2D eigenvalue weighted by Gasteiger charge is 2.13. The molecule has 0 unspecified atom stereocenters. The largest absolute Gasteiger partial charge is 0.456 e. The Labute approximate surface area is 343 Å². The first-order valence-electron chi connectivity index (χ1n) is 19.1. The highest BCUT2D eigenvalue weighted by atomic mass is 27.2. The third-order valence-corrected chi connectivity index (χ3v) is 7.87. The van der Waals surface area contributed by atoms with Gasteiger partial charge in [0.15, 0.2) is 0 Å². The van der Waals surface area contributed by atoms with Gasteiger partial charge in [-0.1, -0.05) is 114 Å². The van der Waals surface area contributed by atoms with E-state index in [1.165, 1.54) is 11.1 Å². The van der Waals surface area contributed by atoms with Gasteiger partial charge in [-0.2, -0.15) is 0 Å². The Morgan fingerprint density at radius 2 is 1.11 bits per heavy atom. The first-order chi connectivity index (χ1) is 26.9. The number of ether oxygens (including phenoxy) is 1. The van der Waals surface area contributed by atoms with E-state index in [4.69, 9.17) is 10.5 Å². The Hall–Kier alpha value is -5.91. The summed E-state index contributed by atoms with van der Waals surface area (Å²) in [6.07, 6.45) is 3.31. The number of pyridine rings is 2. The number of benzene rings is 4. The number of nitrogens with two attached hydrogens (primary N) is 1. The van der Waals surface area contributed by atoms with E-state index in [1.54, 1.807) is 19.3 Å². The van der Waals surface area contributed by atoms with Gasteiger partial charge in [0, 0.05) is 33.7 Å². The molecule has 0 aliphatic heterocycles. The summed E-state index contributed by atoms with van der Waals surface area (Å²) in [6.45, 7) is 15.1. The molecule has 0 radical (unpaired) electrons. The summed E-state index contributed by atoms with van der Waals surface area (Å²) in [5.41, 5.74) is 13.2. The van der Waals surface area contributed by atoms with Crippen molar-refractivity contribution in [1.29, 1.82) is 0 Å². The normalized spacial score (nSPS) is 10.3. The Balaban J connectivity index is 0.000000234. The maximum atomic E-state index is 12.0. The van der Waals surface area contributed by atoms with Gasteiger partial charge >= 0.3 is 11.9 Å². The summed E-state index contributed by atoms with van der Waals surface area (Å²) < 4.78 is 4.73. The number of nitrogens with one attached hydrogen (secondary N) is 1. The van der Waals surface area contributed by atoms with Crippen LogP contribution < -0.4 is 11.1 Å². The molecule has 2 aromatic heterocycles. The van der Waals surface area contributed by atoms with Gasteiger partial charge in [0.25, 0.3) is 14.1 Å². The summed E-state index contributed by atoms with van der Waals surface area (Å²) in [4.78, 5) is 31.6. The molecule has 0 atom stereocenters. The molecule has 8 heteroatoms. The molecule has 0 saturated heterocycles. The van der Waals surface area contributed by atoms with Gasteiger partial charge < -0.3 is 15.8 Å². The zero-order valence-electron chi connectivity index (χ0n) is 35.0. The minimum Gasteiger partial charge on any atom is -0.456 e. The maximum absolute atomic E-state index is 12.0. The lowest BCUT2D eigenvalue weighted by molar-refractivity contribution is -0.136. The quantitative estimate of drug-likeness (QED) is 0.103. The highest BCUT2D eigenvalue weighted by molar-refractivity contribution is 6.54. The van der Waals surface area contributed by atoms with Crippen LogP contribution in [0.3, 0.4) is 0 Å². The monoisotopic (exact) mass is 774 g/mol. The van der Waals surface area contributed by atoms with Crippen molar-refractivity contribution in [2.75, 3.05) is 17.7 Å². The first-order valence-corrected chi connectivity index (χ1v) is 22.6. The van der Waals surface area contributed by atoms with Crippen molar-refractivity contribution in [1.82, 2.24) is 9.97 Å². The number of carbonyl (C=O) groups excluding carboxylic acids is 2. The number of fused-ring (bicyclic) bond motifs is 2. The van der Waals surface area contributed by atoms with Gasteiger partial charge in [-0.05, 0) is 77.4 Å². The van der Waals surface area contributed by atoms with Gasteiger partial charge in [-0.15, -0.1) is 17.4 Å². The molecule has 0 fully saturated rings. The van der Waals surface area contributed by atoms with E-state index in [0.717, 1.165) is 32.9 Å². The molecule has 6 aromatic rings. The summed E-state index contributed by atoms with van der Waals surface area (Å²) in [6, 6.07) is 35.4. The third-order valence-electron chi connectivity index (χ3n) is 7.87. The average molecular weight is 775 g/mol. The number of anilines is 2. The molecule has 0 aliphatic carbocycles. The number of hydrogen-bond acceptors (Lipinski definition) is 6. The van der Waals surface area contributed by atoms with Crippen LogP contribution in [0.15, 0.2) is 122 Å². The lowest BCUT2D eigenvalue weighted by Crippen LogP contribution is -2.10. The van der Waals surface area contributed by atoms with Crippen LogP contribution in [0.25, 0.3) is 21.8 Å². The van der Waals surface area contributed by atoms with Crippen LogP contribution in [0.1, 0.15) is 70.7 Å². The van der Waals surface area contributed by atoms with Crippen molar-refractivity contribution < 1.29 is 14.3 Å². The van der Waals surface area contributed by atoms with Crippen molar-refractivity contribution in [3.63, 3.8) is 0 Å². The maximum Gasteiger partial charge on any atom is 0.384 e. The molecule has 4 aromatic carbocycles. The Bertz CT molecular complexity index is 2350. The fourth-order valence-electron chi connectivity index (χ4n) is 4.92. The number of carbonyl (C=O) groups is 2. The number of para-hydroxylation sites is 2. The molecule has 292 valence electrons. The number of rotatable bonds is 2. The van der Waals surface area contributed by atoms with Crippen molar-refractivity contribution in [2.45, 2.75) is 76.7 Å². The molecule has 57 heavy (non-hydrogen) atoms. The van der Waals surface area contributed by atoms with Crippen molar-refractivity contribution in [2.24, 2.45) is 0 Å². The van der Waals surface area contributed by atoms with Crippen LogP contribution in [0.5, 0.6) is 0 Å². The second-order valence-electron chi connectivity index (χ2n) is 15.9. The topological polar surface area (TPSA) is 107 Å². The van der Waals surface area contributed by atoms with Crippen LogP contribution in [-0.2, 0) is 25.2 Å². The zero-order chi connectivity index (χ0) is 42.0. The van der Waals surface area contributed by atoms with E-state index in [-0.39, 0.29) is 30.9 Å². The fourth-order valence-corrected chi connectivity index (χ4v) is 4.92. The van der Waals surface area contributed by atoms with E-state index >= 15 is 0 Å². The molecule has 0 bridgehead atoms. The fraction of sp³-hybridized carbons (Fsp3) is 0.265. The van der Waals surface area contributed by atoms with Crippen LogP contribution in [0.4, 0.5) is 11.4 Å². The third kappa shape index (κ3) is 16.8. The smallest absolute Gasteiger partial charge is 0.384 e. The van der Waals surface area contributed by atoms with E-state index < -0.39 is 5.97 Å². The van der Waals surface area contributed by atoms with E-state index in [9.17, 15) is 9.59 Å². The lowest BCUT2D eigenvalue weighted by atomic mass is 9.87. The van der Waals surface area contributed by atoms with Crippen molar-refractivity contribution in [3.8, 4) is 23.7 Å². The molecular formula is C49H55AlN4O3. The number of amides is 1. The van der Waals surface area contributed by atoms with Gasteiger partial charge in [0.2, 0.25) is 0 Å². The molecule has 7 nitrogen and oxygen atoms in total. The van der Waals surface area contributed by atoms with Crippen LogP contribution >= 0.6 is 0 Å². The van der Waals surface area contributed by atoms with Gasteiger partial charge in [-0.3, -0.25) is 14.8 Å². The Morgan fingerprint density at radius 3 is 1.58 bits per heavy atom. The Morgan fingerprint density at radius 1 is 0.667 bits per heavy atom. The predicted octanol–water partition coefficient (Wildman–Crippen LogP) is 10.6. The second-order valence-corrected chi connectivity index (χ2v) is 19.4. The molecule has 0 saturated carbocycles. The molecular weight excluding hydrogens is 720 g/mol. The summed E-state index contributed by atoms with van der Waals surface area (Å²) in [5.74, 6) is 16.8. The van der Waals surface area contributed by atoms with Crippen LogP contribution in [0, 0.1) is 23.7 Å². The first kappa shape index (κ1) is 45.5. The van der Waals surface area contributed by atoms with Crippen molar-refractivity contribution in [3.05, 3.63) is 144 Å². The van der Waals surface area contributed by atoms with Crippen LogP contribution in [0.2, 0.25) is 17.4 Å². The minimum atomic E-state index is -0.479. The average Bonchev–Trinajstić information content (AvgIpc) is 3.16. The minimum absolute atomic E-state index is 0.104. The van der Waals surface area contributed by atoms with Gasteiger partial charge in [0.05, 0.1) is 41.4 Å². The van der Waals surface area contributed by atoms with Gasteiger partial charge in [0.1, 0.15) is 0 Å². The molecule has 6 rings (SSSR count). The molecule has 2 heterocycles. The zero-order valence-corrected chi connectivity index (χ0v) is 36.2. The number of nitrogens with zero attached hydrogens (tertiary/aromatic N) is 2. The molecule has 0 aliphatic rings. The number of hydrogen-bond donors (Lipinski definition) is 2. The van der Waals surface area contributed by atoms with E-state index in [1.807, 2.05) is 97.1 Å². The predicted molar refractivity (Wildman–Crippen MR) is 241 cm³/mol. The second kappa shape index (κ2) is 22.0. The summed E-state index contributed by atoms with van der Waals surface area (Å²) in [7, 11) is 0. The standard InChI is InChI=1S/C22H20N2O.C15H18O2.C9H8N2.3CH3.Al/c1-22(2,3)18-11-8-16(9-12-18)10-13-21(25)24-19-14-17-6-4-5-7-20(17)23-15-19;1-5-17-14(16)11-8-12-6-9-13(10-7-12)15(2,3)4;10-8-5-7-3-1-2-4-9(7)11-6-8;;;;/h4-9,11-12,14-15H,1-3H3,(H,24,25);6-7,9-10H,5H2,1-4H3;1-6H,10H2;3*1H3;. The molecule has 0 spiro atoms. The number of esters is 1. The SMILES string of the molecule is CC(C)(C)c1ccc(C#CC(=O)Nc2cnc3ccccc3c2)cc1.CCOC(=O)C#Cc1ccc(C(C)(C)C)cc1.Nc1cnc2ccccc2c1.[CH3][Al]([CH3])[CH3]. The summed E-state index contributed by atoms with van der Waals surface area (Å²) in [5, 5.41) is 4.83. The van der Waals surface area contributed by atoms with Crippen LogP contribution in [-0.4, -0.2) is 42.6 Å². The number of aromatic nitrogens is 2. The van der Waals surface area contributed by atoms with E-state index in [0.29, 0.717) is 18.0 Å². The highest BCUT2D eigenvalue weighted by Crippen LogP contribution is 2.23. The van der Waals surface area contributed by atoms with Gasteiger partial charge in [-0.25, -0.2) is 4.79 Å². The molecule has 1 amide bonds. The summed E-state index contributed by atoms with van der Waals surface area (Å²) >= 11 is -0.139. The van der Waals surface area contributed by atoms with Crippen molar-refractivity contribution >= 4 is 59.2 Å². The number of nitrogen functional groups attached to an aromatic ring is 1. The molecule has 3 N–H and O–H groups in total. The Kier molecular flexibility index (Phi) is 17.5. The lowest BCUT2D eigenvalue weighted by Gasteiger charge is -2.18. The van der Waals surface area contributed by atoms with E-state index in [2.05, 4.69) is 110 Å².